The number of carboxylic acid groups (broad SMARTS) is 1. The Balaban J connectivity index is 1.21. The quantitative estimate of drug-likeness (QED) is 0.244. The highest BCUT2D eigenvalue weighted by molar-refractivity contribution is 5.96. The number of hydrogen-bond acceptors (Lipinski definition) is 8. The molecule has 5 atom stereocenters. The van der Waals surface area contributed by atoms with Crippen LogP contribution in [0.4, 0.5) is 4.79 Å². The first-order valence-electron chi connectivity index (χ1n) is 16.4. The lowest BCUT2D eigenvalue weighted by Gasteiger charge is -2.29. The average Bonchev–Trinajstić information content (AvgIpc) is 3.32. The van der Waals surface area contributed by atoms with Crippen molar-refractivity contribution in [1.29, 1.82) is 0 Å². The van der Waals surface area contributed by atoms with Gasteiger partial charge in [-0.25, -0.2) is 9.59 Å². The van der Waals surface area contributed by atoms with E-state index in [0.717, 1.165) is 61.4 Å². The van der Waals surface area contributed by atoms with Gasteiger partial charge in [-0.2, -0.15) is 0 Å². The van der Waals surface area contributed by atoms with Gasteiger partial charge in [0, 0.05) is 29.5 Å². The maximum absolute atomic E-state index is 14.1. The van der Waals surface area contributed by atoms with E-state index in [1.165, 1.54) is 11.1 Å². The first kappa shape index (κ1) is 31.5. The van der Waals surface area contributed by atoms with Gasteiger partial charge in [-0.05, 0) is 63.5 Å². The van der Waals surface area contributed by atoms with Crippen molar-refractivity contribution >= 4 is 41.0 Å². The minimum atomic E-state index is -1.41. The van der Waals surface area contributed by atoms with Gasteiger partial charge < -0.3 is 30.2 Å². The number of carbonyl (C=O) groups excluding carboxylic acids is 3. The number of fused-ring (bicyclic) bond motifs is 3. The molecule has 1 aromatic heterocycles. The zero-order valence-electron chi connectivity index (χ0n) is 25.8. The fourth-order valence-electron chi connectivity index (χ4n) is 6.81. The molecule has 0 spiro atoms. The number of allylic oxidation sites excluding steroid dienone is 1. The van der Waals surface area contributed by atoms with Crippen LogP contribution in [-0.2, 0) is 24.0 Å². The fraction of sp³-hybridized carbons (Fsp3) is 0.529. The molecule has 2 aliphatic heterocycles. The Labute approximate surface area is 267 Å². The molecule has 1 unspecified atom stereocenters. The lowest BCUT2D eigenvalue weighted by atomic mass is 10.0. The van der Waals surface area contributed by atoms with Gasteiger partial charge >= 0.3 is 12.1 Å². The summed E-state index contributed by atoms with van der Waals surface area (Å²) < 4.78 is 5.60. The molecule has 0 bridgehead atoms. The number of nitrogens with one attached hydrogen (secondary N) is 2. The van der Waals surface area contributed by atoms with Crippen molar-refractivity contribution in [2.75, 3.05) is 6.54 Å². The summed E-state index contributed by atoms with van der Waals surface area (Å²) in [5.41, 5.74) is 0.167. The lowest BCUT2D eigenvalue weighted by Crippen LogP contribution is -2.56. The number of alkyl carbamates (subject to hydrolysis) is 1. The molecular weight excluding hydrogens is 590 g/mol. The molecule has 3 amide bonds. The molecule has 1 saturated heterocycles. The van der Waals surface area contributed by atoms with Crippen LogP contribution in [0.3, 0.4) is 0 Å². The van der Waals surface area contributed by atoms with E-state index in [1.807, 2.05) is 42.5 Å². The van der Waals surface area contributed by atoms with Gasteiger partial charge in [0.15, 0.2) is 0 Å². The Morgan fingerprint density at radius 1 is 1.09 bits per heavy atom. The van der Waals surface area contributed by atoms with Crippen molar-refractivity contribution in [1.82, 2.24) is 20.5 Å². The second kappa shape index (κ2) is 13.9. The summed E-state index contributed by atoms with van der Waals surface area (Å²) in [5, 5.41) is 20.7. The van der Waals surface area contributed by atoms with Gasteiger partial charge in [-0.15, -0.1) is 0 Å². The molecule has 3 fully saturated rings. The molecule has 3 N–H and O–H groups in total. The van der Waals surface area contributed by atoms with Crippen LogP contribution in [0.2, 0.25) is 0 Å². The first-order valence-corrected chi connectivity index (χ1v) is 16.4. The lowest BCUT2D eigenvalue weighted by molar-refractivity contribution is -0.145. The Kier molecular flexibility index (Phi) is 9.51. The molecule has 4 aliphatic rings. The summed E-state index contributed by atoms with van der Waals surface area (Å²) in [6.45, 7) is 0.0451. The van der Waals surface area contributed by atoms with E-state index in [0.29, 0.717) is 12.8 Å². The molecule has 12 heteroatoms. The van der Waals surface area contributed by atoms with Gasteiger partial charge in [0.1, 0.15) is 29.8 Å². The van der Waals surface area contributed by atoms with Crippen LogP contribution in [0.15, 0.2) is 53.8 Å². The Morgan fingerprint density at radius 3 is 2.72 bits per heavy atom. The predicted octanol–water partition coefficient (Wildman–Crippen LogP) is 4.07. The largest absolute Gasteiger partial charge is 0.479 e. The minimum Gasteiger partial charge on any atom is -0.479 e. The maximum atomic E-state index is 14.1. The highest BCUT2D eigenvalue weighted by Gasteiger charge is 2.61. The van der Waals surface area contributed by atoms with E-state index in [2.05, 4.69) is 20.8 Å². The van der Waals surface area contributed by atoms with Gasteiger partial charge in [0.25, 0.3) is 0 Å². The van der Waals surface area contributed by atoms with Crippen molar-refractivity contribution in [3.8, 4) is 0 Å². The number of aromatic nitrogens is 1. The van der Waals surface area contributed by atoms with Crippen LogP contribution in [0, 0.1) is 5.92 Å². The Bertz CT molecular complexity index is 1520. The van der Waals surface area contributed by atoms with Crippen LogP contribution in [-0.4, -0.2) is 81.5 Å². The number of pyridine rings is 1. The zero-order valence-corrected chi connectivity index (χ0v) is 25.8. The number of benzene rings is 1. The van der Waals surface area contributed by atoms with Gasteiger partial charge in [0.05, 0.1) is 18.3 Å². The van der Waals surface area contributed by atoms with Crippen molar-refractivity contribution < 1.29 is 33.9 Å². The van der Waals surface area contributed by atoms with E-state index >= 15 is 0 Å². The number of carboxylic acids is 1. The number of oxime groups is 1. The van der Waals surface area contributed by atoms with Gasteiger partial charge in [-0.1, -0.05) is 48.3 Å². The zero-order chi connectivity index (χ0) is 32.1. The number of hydrogen-bond donors (Lipinski definition) is 3. The van der Waals surface area contributed by atoms with Crippen molar-refractivity contribution in [3.63, 3.8) is 0 Å². The van der Waals surface area contributed by atoms with Crippen LogP contribution < -0.4 is 10.6 Å². The van der Waals surface area contributed by atoms with Crippen LogP contribution >= 0.6 is 0 Å². The van der Waals surface area contributed by atoms with Crippen molar-refractivity contribution in [3.05, 3.63) is 54.2 Å². The highest BCUT2D eigenvalue weighted by atomic mass is 16.6. The van der Waals surface area contributed by atoms with E-state index in [4.69, 9.17) is 9.57 Å². The van der Waals surface area contributed by atoms with Crippen LogP contribution in [0.5, 0.6) is 0 Å². The second-order valence-electron chi connectivity index (χ2n) is 12.8. The first-order chi connectivity index (χ1) is 22.3. The van der Waals surface area contributed by atoms with Crippen molar-refractivity contribution in [2.45, 2.75) is 100 Å². The summed E-state index contributed by atoms with van der Waals surface area (Å²) in [7, 11) is 0. The number of ether oxygens (including phenoxy) is 1. The number of carbonyl (C=O) groups is 4. The fourth-order valence-corrected chi connectivity index (χ4v) is 6.81. The molecule has 46 heavy (non-hydrogen) atoms. The Hall–Kier alpha value is -4.48. The second-order valence-corrected chi connectivity index (χ2v) is 12.8. The number of aliphatic carboxylic acids is 1. The Morgan fingerprint density at radius 2 is 1.89 bits per heavy atom. The van der Waals surface area contributed by atoms with Crippen LogP contribution in [0.25, 0.3) is 10.9 Å². The molecule has 3 heterocycles. The number of nitrogens with zero attached hydrogens (tertiary/aromatic N) is 3. The smallest absolute Gasteiger partial charge is 0.408 e. The molecule has 2 aromatic rings. The third-order valence-corrected chi connectivity index (χ3v) is 9.51. The monoisotopic (exact) mass is 631 g/mol. The van der Waals surface area contributed by atoms with E-state index < -0.39 is 47.6 Å². The molecule has 12 nitrogen and oxygen atoms in total. The highest BCUT2D eigenvalue weighted by Crippen LogP contribution is 2.45. The SMILES string of the molecule is O=C(N[C@H]1CCCCC/C=C\[C@@H]2CC2(C(=O)O)NC(=O)[C@@H]2C[C@@H](O/N=C/c3cnc4ccccc4c3)CN2C1=O)OC1CCCC1. The van der Waals surface area contributed by atoms with Gasteiger partial charge in [0.2, 0.25) is 11.8 Å². The van der Waals surface area contributed by atoms with E-state index in [1.54, 1.807) is 6.20 Å². The molecule has 6 rings (SSSR count). The molecule has 1 aromatic carbocycles. The summed E-state index contributed by atoms with van der Waals surface area (Å²) >= 11 is 0. The number of amides is 3. The molecule has 2 aliphatic carbocycles. The summed E-state index contributed by atoms with van der Waals surface area (Å²) in [5.74, 6) is -2.42. The van der Waals surface area contributed by atoms with E-state index in [-0.39, 0.29) is 31.4 Å². The summed E-state index contributed by atoms with van der Waals surface area (Å²) in [6.07, 6.45) is 13.1. The van der Waals surface area contributed by atoms with E-state index in [9.17, 15) is 24.3 Å². The predicted molar refractivity (Wildman–Crippen MR) is 169 cm³/mol. The van der Waals surface area contributed by atoms with Gasteiger partial charge in [-0.3, -0.25) is 14.6 Å². The average molecular weight is 632 g/mol. The minimum absolute atomic E-state index is 0.0451. The topological polar surface area (TPSA) is 160 Å². The normalized spacial score (nSPS) is 29.7. The third kappa shape index (κ3) is 7.16. The number of para-hydroxylation sites is 1. The van der Waals surface area contributed by atoms with Crippen LogP contribution in [0.1, 0.15) is 76.2 Å². The molecular formula is C34H41N5O7. The third-order valence-electron chi connectivity index (χ3n) is 9.51. The van der Waals surface area contributed by atoms with Crippen molar-refractivity contribution in [2.24, 2.45) is 11.1 Å². The molecule has 244 valence electrons. The molecule has 2 saturated carbocycles. The number of rotatable bonds is 6. The standard InChI is InChI=1S/C34H41N5O7/c40-30-29-17-26(46-36-20-22-16-23-10-6-9-14-27(23)35-19-22)21-39(29)31(41)28(37-33(44)45-25-12-7-8-13-25)15-5-3-1-2-4-11-24-18-34(24,38-30)32(42)43/h4,6,9-11,14,16,19-20,24-26,28-29H,1-3,5,7-8,12-13,15,17-18,21H2,(H,37,44)(H,38,40)(H,42,43)/b11-4-,36-20+/t24-,26-,28+,29+,34?/m1/s1. The summed E-state index contributed by atoms with van der Waals surface area (Å²) in [6, 6.07) is 7.73. The summed E-state index contributed by atoms with van der Waals surface area (Å²) in [4.78, 5) is 64.7. The molecule has 0 radical (unpaired) electrons. The maximum Gasteiger partial charge on any atom is 0.408 e.